The Morgan fingerprint density at radius 1 is 1.24 bits per heavy atom. The molecule has 2 aliphatic heterocycles. The lowest BCUT2D eigenvalue weighted by molar-refractivity contribution is -0.0913. The van der Waals surface area contributed by atoms with Crippen molar-refractivity contribution in [3.63, 3.8) is 0 Å². The van der Waals surface area contributed by atoms with Crippen molar-refractivity contribution < 1.29 is 27.4 Å². The van der Waals surface area contributed by atoms with Gasteiger partial charge in [-0.1, -0.05) is 12.5 Å². The second-order valence-electron chi connectivity index (χ2n) is 6.26. The van der Waals surface area contributed by atoms with E-state index in [0.29, 0.717) is 31.7 Å². The van der Waals surface area contributed by atoms with E-state index < -0.39 is 22.3 Å². The highest BCUT2D eigenvalue weighted by Crippen LogP contribution is 2.31. The Labute approximate surface area is 147 Å². The molecular weight excluding hydrogens is 346 g/mol. The van der Waals surface area contributed by atoms with Gasteiger partial charge in [0.1, 0.15) is 0 Å². The van der Waals surface area contributed by atoms with Crippen LogP contribution in [0.1, 0.15) is 35.2 Å². The summed E-state index contributed by atoms with van der Waals surface area (Å²) in [5.41, 5.74) is 0.804. The highest BCUT2D eigenvalue weighted by Gasteiger charge is 2.41. The van der Waals surface area contributed by atoms with Crippen molar-refractivity contribution in [2.24, 2.45) is 0 Å². The molecule has 0 N–H and O–H groups in total. The Hall–Kier alpha value is -1.48. The molecular formula is C17H23NO6S. The van der Waals surface area contributed by atoms with Gasteiger partial charge in [-0.2, -0.15) is 4.31 Å². The predicted molar refractivity (Wildman–Crippen MR) is 89.7 cm³/mol. The maximum absolute atomic E-state index is 13.3. The average Bonchev–Trinajstić information content (AvgIpc) is 3.16. The summed E-state index contributed by atoms with van der Waals surface area (Å²) in [7, 11) is -2.51. The molecule has 0 bridgehead atoms. The third kappa shape index (κ3) is 3.57. The van der Waals surface area contributed by atoms with Crippen LogP contribution in [-0.2, 0) is 24.2 Å². The van der Waals surface area contributed by atoms with Crippen molar-refractivity contribution in [3.8, 4) is 0 Å². The Bertz CT molecular complexity index is 742. The zero-order valence-corrected chi connectivity index (χ0v) is 15.3. The van der Waals surface area contributed by atoms with E-state index >= 15 is 0 Å². The molecule has 1 atom stereocenters. The number of rotatable bonds is 4. The fourth-order valence-electron chi connectivity index (χ4n) is 3.35. The minimum Gasteiger partial charge on any atom is -0.465 e. The first-order chi connectivity index (χ1) is 11.9. The van der Waals surface area contributed by atoms with Gasteiger partial charge < -0.3 is 14.2 Å². The Kier molecular flexibility index (Phi) is 5.43. The summed E-state index contributed by atoms with van der Waals surface area (Å²) in [5.74, 6) is -0.561. The van der Waals surface area contributed by atoms with Crippen molar-refractivity contribution in [1.29, 1.82) is 0 Å². The highest BCUT2D eigenvalue weighted by atomic mass is 32.2. The topological polar surface area (TPSA) is 82.1 Å². The smallest absolute Gasteiger partial charge is 0.337 e. The molecule has 0 aliphatic carbocycles. The molecule has 25 heavy (non-hydrogen) atoms. The first-order valence-electron chi connectivity index (χ1n) is 8.39. The number of esters is 1. The first-order valence-corrected chi connectivity index (χ1v) is 9.83. The minimum atomic E-state index is -3.78. The SMILES string of the molecule is COC(=O)c1ccc(C)c(S(=O)(=O)N2CCCCC2C2OCCO2)c1. The predicted octanol–water partition coefficient (Wildman–Crippen LogP) is 1.70. The zero-order chi connectivity index (χ0) is 18.0. The molecule has 2 heterocycles. The largest absolute Gasteiger partial charge is 0.465 e. The number of carbonyl (C=O) groups excluding carboxylic acids is 1. The van der Waals surface area contributed by atoms with Gasteiger partial charge in [-0.05, 0) is 37.5 Å². The lowest BCUT2D eigenvalue weighted by atomic mass is 10.0. The maximum Gasteiger partial charge on any atom is 0.337 e. The van der Waals surface area contributed by atoms with Crippen molar-refractivity contribution in [1.82, 2.24) is 4.31 Å². The number of hydrogen-bond donors (Lipinski definition) is 0. The minimum absolute atomic E-state index is 0.125. The summed E-state index contributed by atoms with van der Waals surface area (Å²) >= 11 is 0. The quantitative estimate of drug-likeness (QED) is 0.752. The standard InChI is InChI=1S/C17H23NO6S/c1-12-6-7-13(16(19)22-2)11-15(12)25(20,21)18-8-4-3-5-14(18)17-23-9-10-24-17/h6-7,11,14,17H,3-5,8-10H2,1-2H3. The van der Waals surface area contributed by atoms with Gasteiger partial charge in [0.15, 0.2) is 6.29 Å². The van der Waals surface area contributed by atoms with E-state index in [0.717, 1.165) is 12.8 Å². The molecule has 1 aromatic carbocycles. The fourth-order valence-corrected chi connectivity index (χ4v) is 5.28. The van der Waals surface area contributed by atoms with Gasteiger partial charge in [0.2, 0.25) is 10.0 Å². The van der Waals surface area contributed by atoms with Crippen LogP contribution < -0.4 is 0 Å². The molecule has 8 heteroatoms. The average molecular weight is 369 g/mol. The number of nitrogens with zero attached hydrogens (tertiary/aromatic N) is 1. The summed E-state index contributed by atoms with van der Waals surface area (Å²) in [6.45, 7) is 3.09. The van der Waals surface area contributed by atoms with E-state index in [-0.39, 0.29) is 16.5 Å². The maximum atomic E-state index is 13.3. The molecule has 0 saturated carbocycles. The number of methoxy groups -OCH3 is 1. The number of aryl methyl sites for hydroxylation is 1. The van der Waals surface area contributed by atoms with E-state index in [4.69, 9.17) is 14.2 Å². The second kappa shape index (κ2) is 7.41. The Balaban J connectivity index is 1.97. The van der Waals surface area contributed by atoms with Crippen molar-refractivity contribution in [2.75, 3.05) is 26.9 Å². The third-order valence-electron chi connectivity index (χ3n) is 4.66. The van der Waals surface area contributed by atoms with E-state index in [9.17, 15) is 13.2 Å². The lowest BCUT2D eigenvalue weighted by Crippen LogP contribution is -2.50. The number of hydrogen-bond acceptors (Lipinski definition) is 6. The molecule has 138 valence electrons. The van der Waals surface area contributed by atoms with Gasteiger partial charge in [0, 0.05) is 6.54 Å². The molecule has 2 fully saturated rings. The van der Waals surface area contributed by atoms with Gasteiger partial charge in [-0.15, -0.1) is 0 Å². The number of piperidine rings is 1. The summed E-state index contributed by atoms with van der Waals surface area (Å²) in [5, 5.41) is 0. The van der Waals surface area contributed by atoms with Gasteiger partial charge in [0.05, 0.1) is 36.8 Å². The van der Waals surface area contributed by atoms with Crippen LogP contribution in [0.25, 0.3) is 0 Å². The Morgan fingerprint density at radius 3 is 2.64 bits per heavy atom. The monoisotopic (exact) mass is 369 g/mol. The number of benzene rings is 1. The number of sulfonamides is 1. The fraction of sp³-hybridized carbons (Fsp3) is 0.588. The second-order valence-corrected chi connectivity index (χ2v) is 8.12. The van der Waals surface area contributed by atoms with Crippen LogP contribution in [0.4, 0.5) is 0 Å². The molecule has 3 rings (SSSR count). The number of ether oxygens (including phenoxy) is 3. The molecule has 0 amide bonds. The normalized spacial score (nSPS) is 22.9. The van der Waals surface area contributed by atoms with Gasteiger partial charge >= 0.3 is 5.97 Å². The molecule has 0 aromatic heterocycles. The molecule has 2 saturated heterocycles. The summed E-state index contributed by atoms with van der Waals surface area (Å²) in [4.78, 5) is 11.9. The van der Waals surface area contributed by atoms with Crippen molar-refractivity contribution >= 4 is 16.0 Å². The van der Waals surface area contributed by atoms with Gasteiger partial charge in [-0.25, -0.2) is 13.2 Å². The molecule has 1 unspecified atom stereocenters. The highest BCUT2D eigenvalue weighted by molar-refractivity contribution is 7.89. The van der Waals surface area contributed by atoms with Crippen molar-refractivity contribution in [2.45, 2.75) is 43.4 Å². The molecule has 0 spiro atoms. The van der Waals surface area contributed by atoms with E-state index in [1.165, 1.54) is 17.5 Å². The van der Waals surface area contributed by atoms with Crippen LogP contribution in [0, 0.1) is 6.92 Å². The van der Waals surface area contributed by atoms with Crippen LogP contribution >= 0.6 is 0 Å². The van der Waals surface area contributed by atoms with Crippen LogP contribution in [0.5, 0.6) is 0 Å². The lowest BCUT2D eigenvalue weighted by Gasteiger charge is -2.37. The van der Waals surface area contributed by atoms with Gasteiger partial charge in [0.25, 0.3) is 0 Å². The molecule has 7 nitrogen and oxygen atoms in total. The zero-order valence-electron chi connectivity index (χ0n) is 14.4. The van der Waals surface area contributed by atoms with E-state index in [2.05, 4.69) is 0 Å². The first kappa shape index (κ1) is 18.3. The Morgan fingerprint density at radius 2 is 1.96 bits per heavy atom. The third-order valence-corrected chi connectivity index (χ3v) is 6.72. The van der Waals surface area contributed by atoms with Crippen LogP contribution in [0.15, 0.2) is 23.1 Å². The molecule has 2 aliphatic rings. The number of carbonyl (C=O) groups is 1. The molecule has 1 aromatic rings. The van der Waals surface area contributed by atoms with E-state index in [1.54, 1.807) is 19.1 Å². The van der Waals surface area contributed by atoms with Crippen LogP contribution in [0.3, 0.4) is 0 Å². The summed E-state index contributed by atoms with van der Waals surface area (Å²) in [6.07, 6.45) is 1.89. The van der Waals surface area contributed by atoms with E-state index in [1.807, 2.05) is 0 Å². The van der Waals surface area contributed by atoms with Crippen LogP contribution in [-0.4, -0.2) is 57.9 Å². The van der Waals surface area contributed by atoms with Crippen molar-refractivity contribution in [3.05, 3.63) is 29.3 Å². The summed E-state index contributed by atoms with van der Waals surface area (Å²) < 4.78 is 43.9. The summed E-state index contributed by atoms with van der Waals surface area (Å²) in [6, 6.07) is 4.23. The van der Waals surface area contributed by atoms with Gasteiger partial charge in [-0.3, -0.25) is 0 Å². The molecule has 0 radical (unpaired) electrons. The van der Waals surface area contributed by atoms with Crippen LogP contribution in [0.2, 0.25) is 0 Å².